The average Bonchev–Trinajstić information content (AvgIpc) is 3.22. The van der Waals surface area contributed by atoms with E-state index in [-0.39, 0.29) is 6.04 Å². The van der Waals surface area contributed by atoms with Gasteiger partial charge >= 0.3 is 0 Å². The number of amides is 1. The van der Waals surface area contributed by atoms with Crippen molar-refractivity contribution in [1.82, 2.24) is 19.6 Å². The molecule has 140 valence electrons. The van der Waals surface area contributed by atoms with Crippen molar-refractivity contribution in [2.45, 2.75) is 77.8 Å². The third-order valence-corrected chi connectivity index (χ3v) is 5.86. The number of likely N-dealkylation sites (tertiary alicyclic amines) is 2. The van der Waals surface area contributed by atoms with Gasteiger partial charge in [-0.15, -0.1) is 0 Å². The van der Waals surface area contributed by atoms with Crippen LogP contribution in [-0.2, 0) is 4.79 Å². The minimum Gasteiger partial charge on any atom is -0.340 e. The summed E-state index contributed by atoms with van der Waals surface area (Å²) in [4.78, 5) is 17.7. The number of carbonyl (C=O) groups excluding carboxylic acids is 1. The summed E-state index contributed by atoms with van der Waals surface area (Å²) < 4.78 is 2.01. The molecule has 0 radical (unpaired) electrons. The van der Waals surface area contributed by atoms with Crippen molar-refractivity contribution < 1.29 is 4.79 Å². The summed E-state index contributed by atoms with van der Waals surface area (Å²) in [7, 11) is 0. The first kappa shape index (κ1) is 18.4. The highest BCUT2D eigenvalue weighted by Crippen LogP contribution is 2.24. The van der Waals surface area contributed by atoms with E-state index in [0.29, 0.717) is 18.4 Å². The van der Waals surface area contributed by atoms with Gasteiger partial charge in [0.2, 0.25) is 5.91 Å². The molecule has 2 unspecified atom stereocenters. The molecule has 5 nitrogen and oxygen atoms in total. The smallest absolute Gasteiger partial charge is 0.224 e. The summed E-state index contributed by atoms with van der Waals surface area (Å²) in [6.45, 7) is 10.8. The summed E-state index contributed by atoms with van der Waals surface area (Å²) in [6, 6.07) is 2.65. The van der Waals surface area contributed by atoms with Gasteiger partial charge in [0.05, 0.1) is 11.7 Å². The van der Waals surface area contributed by atoms with Gasteiger partial charge in [0.1, 0.15) is 0 Å². The number of nitrogens with zero attached hydrogens (tertiary/aromatic N) is 4. The molecule has 2 aliphatic heterocycles. The van der Waals surface area contributed by atoms with Crippen molar-refractivity contribution in [3.05, 3.63) is 17.5 Å². The highest BCUT2D eigenvalue weighted by molar-refractivity contribution is 5.77. The fourth-order valence-electron chi connectivity index (χ4n) is 4.52. The Kier molecular flexibility index (Phi) is 6.15. The van der Waals surface area contributed by atoms with Crippen LogP contribution >= 0.6 is 0 Å². The topological polar surface area (TPSA) is 41.4 Å². The van der Waals surface area contributed by atoms with Crippen molar-refractivity contribution >= 4 is 5.91 Å². The molecule has 2 aliphatic rings. The third-order valence-electron chi connectivity index (χ3n) is 5.86. The van der Waals surface area contributed by atoms with Crippen LogP contribution in [0.1, 0.15) is 69.3 Å². The Hall–Kier alpha value is -1.36. The van der Waals surface area contributed by atoms with E-state index in [1.165, 1.54) is 38.8 Å². The van der Waals surface area contributed by atoms with Crippen molar-refractivity contribution in [3.8, 4) is 0 Å². The molecule has 1 amide bonds. The predicted molar refractivity (Wildman–Crippen MR) is 101 cm³/mol. The largest absolute Gasteiger partial charge is 0.340 e. The normalized spacial score (nSPS) is 23.2. The molecule has 0 aliphatic carbocycles. The van der Waals surface area contributed by atoms with Crippen molar-refractivity contribution in [2.75, 3.05) is 26.2 Å². The first-order chi connectivity index (χ1) is 12.0. The molecular formula is C20H34N4O. The SMILES string of the molecule is Cc1cc(C)n(C(C)CC(=O)N2CCCCC2CCN2CCCC2)n1. The number of piperidine rings is 1. The maximum absolute atomic E-state index is 13.0. The highest BCUT2D eigenvalue weighted by Gasteiger charge is 2.28. The van der Waals surface area contributed by atoms with E-state index in [2.05, 4.69) is 34.8 Å². The minimum absolute atomic E-state index is 0.127. The third kappa shape index (κ3) is 4.63. The minimum atomic E-state index is 0.127. The molecule has 3 rings (SSSR count). The Morgan fingerprint density at radius 3 is 2.60 bits per heavy atom. The van der Waals surface area contributed by atoms with E-state index in [4.69, 9.17) is 0 Å². The van der Waals surface area contributed by atoms with Gasteiger partial charge < -0.3 is 9.80 Å². The van der Waals surface area contributed by atoms with Gasteiger partial charge in [0.15, 0.2) is 0 Å². The summed E-state index contributed by atoms with van der Waals surface area (Å²) in [6.07, 6.45) is 7.97. The molecule has 1 aromatic rings. The van der Waals surface area contributed by atoms with Gasteiger partial charge in [-0.3, -0.25) is 9.48 Å². The van der Waals surface area contributed by atoms with Gasteiger partial charge in [-0.05, 0) is 78.5 Å². The van der Waals surface area contributed by atoms with Crippen LogP contribution in [0.4, 0.5) is 0 Å². The van der Waals surface area contributed by atoms with Crippen LogP contribution in [0.2, 0.25) is 0 Å². The molecule has 2 atom stereocenters. The number of hydrogen-bond acceptors (Lipinski definition) is 3. The summed E-state index contributed by atoms with van der Waals surface area (Å²) in [5.74, 6) is 0.311. The van der Waals surface area contributed by atoms with E-state index < -0.39 is 0 Å². The molecule has 0 spiro atoms. The van der Waals surface area contributed by atoms with Crippen LogP contribution in [0.15, 0.2) is 6.07 Å². The Morgan fingerprint density at radius 1 is 1.20 bits per heavy atom. The average molecular weight is 347 g/mol. The maximum Gasteiger partial charge on any atom is 0.224 e. The Balaban J connectivity index is 1.57. The lowest BCUT2D eigenvalue weighted by molar-refractivity contribution is -0.135. The zero-order valence-electron chi connectivity index (χ0n) is 16.2. The van der Waals surface area contributed by atoms with Gasteiger partial charge in [0.25, 0.3) is 0 Å². The van der Waals surface area contributed by atoms with Gasteiger partial charge in [-0.2, -0.15) is 5.10 Å². The molecule has 3 heterocycles. The number of hydrogen-bond donors (Lipinski definition) is 0. The first-order valence-electron chi connectivity index (χ1n) is 10.1. The van der Waals surface area contributed by atoms with Crippen molar-refractivity contribution in [3.63, 3.8) is 0 Å². The molecule has 2 fully saturated rings. The number of carbonyl (C=O) groups is 1. The number of rotatable bonds is 6. The monoisotopic (exact) mass is 346 g/mol. The first-order valence-corrected chi connectivity index (χ1v) is 10.1. The lowest BCUT2D eigenvalue weighted by Gasteiger charge is -2.37. The molecule has 0 saturated carbocycles. The summed E-state index contributed by atoms with van der Waals surface area (Å²) in [5, 5.41) is 4.56. The van der Waals surface area contributed by atoms with E-state index in [0.717, 1.165) is 37.3 Å². The molecular weight excluding hydrogens is 312 g/mol. The maximum atomic E-state index is 13.0. The van der Waals surface area contributed by atoms with Crippen LogP contribution in [0.5, 0.6) is 0 Å². The molecule has 1 aromatic heterocycles. The highest BCUT2D eigenvalue weighted by atomic mass is 16.2. The molecule has 25 heavy (non-hydrogen) atoms. The Bertz CT molecular complexity index is 576. The molecule has 0 bridgehead atoms. The lowest BCUT2D eigenvalue weighted by atomic mass is 9.98. The lowest BCUT2D eigenvalue weighted by Crippen LogP contribution is -2.45. The zero-order valence-corrected chi connectivity index (χ0v) is 16.2. The van der Waals surface area contributed by atoms with Gasteiger partial charge in [0, 0.05) is 31.2 Å². The van der Waals surface area contributed by atoms with Crippen LogP contribution in [0.3, 0.4) is 0 Å². The Morgan fingerprint density at radius 2 is 1.92 bits per heavy atom. The van der Waals surface area contributed by atoms with Crippen molar-refractivity contribution in [2.24, 2.45) is 0 Å². The molecule has 0 aromatic carbocycles. The summed E-state index contributed by atoms with van der Waals surface area (Å²) >= 11 is 0. The number of aryl methyl sites for hydroxylation is 2. The van der Waals surface area contributed by atoms with E-state index >= 15 is 0 Å². The van der Waals surface area contributed by atoms with Gasteiger partial charge in [-0.25, -0.2) is 0 Å². The second kappa shape index (κ2) is 8.35. The van der Waals surface area contributed by atoms with E-state index in [1.54, 1.807) is 0 Å². The van der Waals surface area contributed by atoms with E-state index in [1.807, 2.05) is 11.6 Å². The van der Waals surface area contributed by atoms with Crippen LogP contribution < -0.4 is 0 Å². The molecule has 5 heteroatoms. The van der Waals surface area contributed by atoms with Gasteiger partial charge in [-0.1, -0.05) is 0 Å². The standard InChI is InChI=1S/C20H34N4O/c1-16-14-17(2)24(21-16)18(3)15-20(25)23-12-5-4-8-19(23)9-13-22-10-6-7-11-22/h14,18-19H,4-13,15H2,1-3H3. The fraction of sp³-hybridized carbons (Fsp3) is 0.800. The Labute approximate surface area is 152 Å². The quantitative estimate of drug-likeness (QED) is 0.793. The van der Waals surface area contributed by atoms with Crippen LogP contribution in [0, 0.1) is 13.8 Å². The second-order valence-electron chi connectivity index (χ2n) is 8.00. The zero-order chi connectivity index (χ0) is 17.8. The fourth-order valence-corrected chi connectivity index (χ4v) is 4.52. The molecule has 0 N–H and O–H groups in total. The van der Waals surface area contributed by atoms with Crippen molar-refractivity contribution in [1.29, 1.82) is 0 Å². The molecule has 2 saturated heterocycles. The predicted octanol–water partition coefficient (Wildman–Crippen LogP) is 3.32. The second-order valence-corrected chi connectivity index (χ2v) is 8.00. The van der Waals surface area contributed by atoms with Crippen LogP contribution in [-0.4, -0.2) is 57.7 Å². The van der Waals surface area contributed by atoms with E-state index in [9.17, 15) is 4.79 Å². The summed E-state index contributed by atoms with van der Waals surface area (Å²) in [5.41, 5.74) is 2.17. The number of aromatic nitrogens is 2. The van der Waals surface area contributed by atoms with Crippen LogP contribution in [0.25, 0.3) is 0 Å².